The first-order valence-electron chi connectivity index (χ1n) is 8.09. The summed E-state index contributed by atoms with van der Waals surface area (Å²) in [7, 11) is 0. The standard InChI is InChI=1S/C19H24N2O2/c1-13-12-20-16-7-5-6-15(17(13)16)14-8-10-21(11-9-14)18(22)23-19(2,3)4/h5-8,12,20H,9-11H2,1-4H3. The highest BCUT2D eigenvalue weighted by Gasteiger charge is 2.24. The number of amides is 1. The topological polar surface area (TPSA) is 45.3 Å². The smallest absolute Gasteiger partial charge is 0.410 e. The molecule has 1 aliphatic rings. The Bertz CT molecular complexity index is 765. The van der Waals surface area contributed by atoms with E-state index in [1.807, 2.05) is 27.0 Å². The van der Waals surface area contributed by atoms with Crippen molar-refractivity contribution in [3.8, 4) is 0 Å². The first-order valence-corrected chi connectivity index (χ1v) is 8.09. The molecule has 0 fully saturated rings. The number of nitrogens with zero attached hydrogens (tertiary/aromatic N) is 1. The van der Waals surface area contributed by atoms with Gasteiger partial charge in [0.1, 0.15) is 5.60 Å². The van der Waals surface area contributed by atoms with E-state index < -0.39 is 5.60 Å². The minimum absolute atomic E-state index is 0.233. The molecule has 1 N–H and O–H groups in total. The van der Waals surface area contributed by atoms with Crippen molar-refractivity contribution in [1.82, 2.24) is 9.88 Å². The number of rotatable bonds is 1. The van der Waals surface area contributed by atoms with Crippen LogP contribution in [0, 0.1) is 6.92 Å². The summed E-state index contributed by atoms with van der Waals surface area (Å²) in [5, 5.41) is 1.28. The van der Waals surface area contributed by atoms with Crippen molar-refractivity contribution in [2.75, 3.05) is 13.1 Å². The molecule has 0 atom stereocenters. The Kier molecular flexibility index (Phi) is 3.92. The predicted molar refractivity (Wildman–Crippen MR) is 93.4 cm³/mol. The van der Waals surface area contributed by atoms with Gasteiger partial charge in [0.05, 0.1) is 0 Å². The Morgan fingerprint density at radius 1 is 1.30 bits per heavy atom. The SMILES string of the molecule is Cc1c[nH]c2cccc(C3=CCN(C(=O)OC(C)(C)C)CC3)c12. The number of fused-ring (bicyclic) bond motifs is 1. The summed E-state index contributed by atoms with van der Waals surface area (Å²) < 4.78 is 5.45. The Balaban J connectivity index is 1.81. The van der Waals surface area contributed by atoms with Gasteiger partial charge in [-0.1, -0.05) is 18.2 Å². The van der Waals surface area contributed by atoms with Crippen LogP contribution in [-0.4, -0.2) is 34.7 Å². The largest absolute Gasteiger partial charge is 0.444 e. The first kappa shape index (κ1) is 15.7. The zero-order valence-corrected chi connectivity index (χ0v) is 14.3. The minimum Gasteiger partial charge on any atom is -0.444 e. The number of carbonyl (C=O) groups is 1. The van der Waals surface area contributed by atoms with Gasteiger partial charge < -0.3 is 14.6 Å². The molecule has 4 heteroatoms. The lowest BCUT2D eigenvalue weighted by Gasteiger charge is -2.29. The molecule has 1 amide bonds. The summed E-state index contributed by atoms with van der Waals surface area (Å²) in [4.78, 5) is 17.2. The molecule has 1 aliphatic heterocycles. The van der Waals surface area contributed by atoms with Gasteiger partial charge in [0.2, 0.25) is 0 Å². The Labute approximate surface area is 137 Å². The zero-order valence-electron chi connectivity index (χ0n) is 14.3. The van der Waals surface area contributed by atoms with Gasteiger partial charge in [0.15, 0.2) is 0 Å². The van der Waals surface area contributed by atoms with Crippen molar-refractivity contribution < 1.29 is 9.53 Å². The van der Waals surface area contributed by atoms with E-state index in [4.69, 9.17) is 4.74 Å². The fourth-order valence-electron chi connectivity index (χ4n) is 3.03. The highest BCUT2D eigenvalue weighted by Crippen LogP contribution is 2.31. The van der Waals surface area contributed by atoms with E-state index in [-0.39, 0.29) is 6.09 Å². The molecule has 1 aromatic carbocycles. The van der Waals surface area contributed by atoms with Crippen LogP contribution in [0.1, 0.15) is 38.3 Å². The van der Waals surface area contributed by atoms with Crippen LogP contribution in [0.2, 0.25) is 0 Å². The number of nitrogens with one attached hydrogen (secondary N) is 1. The molecule has 0 radical (unpaired) electrons. The number of aryl methyl sites for hydroxylation is 1. The van der Waals surface area contributed by atoms with Crippen LogP contribution in [-0.2, 0) is 4.74 Å². The number of H-pyrrole nitrogens is 1. The number of hydrogen-bond donors (Lipinski definition) is 1. The summed E-state index contributed by atoms with van der Waals surface area (Å²) in [5.41, 5.74) is 4.54. The molecule has 0 spiro atoms. The van der Waals surface area contributed by atoms with E-state index in [1.165, 1.54) is 22.1 Å². The average molecular weight is 312 g/mol. The van der Waals surface area contributed by atoms with Gasteiger partial charge in [0, 0.05) is 30.2 Å². The fraction of sp³-hybridized carbons (Fsp3) is 0.421. The maximum atomic E-state index is 12.2. The van der Waals surface area contributed by atoms with Crippen LogP contribution in [0.4, 0.5) is 4.79 Å². The van der Waals surface area contributed by atoms with E-state index in [0.717, 1.165) is 11.9 Å². The molecule has 0 saturated heterocycles. The lowest BCUT2D eigenvalue weighted by atomic mass is 9.95. The molecule has 0 unspecified atom stereocenters. The summed E-state index contributed by atoms with van der Waals surface area (Å²) in [6.07, 6.45) is 4.81. The Morgan fingerprint density at radius 3 is 2.74 bits per heavy atom. The second-order valence-corrected chi connectivity index (χ2v) is 7.11. The van der Waals surface area contributed by atoms with Crippen molar-refractivity contribution in [2.24, 2.45) is 0 Å². The summed E-state index contributed by atoms with van der Waals surface area (Å²) in [6.45, 7) is 9.10. The Morgan fingerprint density at radius 2 is 2.09 bits per heavy atom. The van der Waals surface area contributed by atoms with E-state index in [0.29, 0.717) is 13.1 Å². The molecule has 1 aromatic heterocycles. The molecule has 0 bridgehead atoms. The number of benzene rings is 1. The van der Waals surface area contributed by atoms with Crippen molar-refractivity contribution in [3.05, 3.63) is 41.6 Å². The monoisotopic (exact) mass is 312 g/mol. The van der Waals surface area contributed by atoms with E-state index in [9.17, 15) is 4.79 Å². The summed E-state index contributed by atoms with van der Waals surface area (Å²) >= 11 is 0. The third-order valence-corrected chi connectivity index (χ3v) is 4.11. The number of hydrogen-bond acceptors (Lipinski definition) is 2. The molecule has 23 heavy (non-hydrogen) atoms. The Hall–Kier alpha value is -2.23. The molecule has 2 aromatic rings. The third-order valence-electron chi connectivity index (χ3n) is 4.11. The van der Waals surface area contributed by atoms with Crippen LogP contribution in [0.15, 0.2) is 30.5 Å². The number of aromatic amines is 1. The van der Waals surface area contributed by atoms with Gasteiger partial charge in [-0.15, -0.1) is 0 Å². The quantitative estimate of drug-likeness (QED) is 0.842. The molecule has 122 valence electrons. The van der Waals surface area contributed by atoms with Crippen LogP contribution in [0.25, 0.3) is 16.5 Å². The molecular formula is C19H24N2O2. The summed E-state index contributed by atoms with van der Waals surface area (Å²) in [6, 6.07) is 6.34. The van der Waals surface area contributed by atoms with Crippen molar-refractivity contribution in [1.29, 1.82) is 0 Å². The van der Waals surface area contributed by atoms with Gasteiger partial charge in [-0.05, 0) is 56.9 Å². The lowest BCUT2D eigenvalue weighted by molar-refractivity contribution is 0.0270. The lowest BCUT2D eigenvalue weighted by Crippen LogP contribution is -2.39. The van der Waals surface area contributed by atoms with Gasteiger partial charge in [-0.3, -0.25) is 0 Å². The van der Waals surface area contributed by atoms with Gasteiger partial charge >= 0.3 is 6.09 Å². The second kappa shape index (κ2) is 5.76. The van der Waals surface area contributed by atoms with Crippen molar-refractivity contribution in [3.63, 3.8) is 0 Å². The molecule has 4 nitrogen and oxygen atoms in total. The molecule has 0 aliphatic carbocycles. The van der Waals surface area contributed by atoms with Crippen LogP contribution in [0.3, 0.4) is 0 Å². The maximum Gasteiger partial charge on any atom is 0.410 e. The van der Waals surface area contributed by atoms with Gasteiger partial charge in [-0.2, -0.15) is 0 Å². The van der Waals surface area contributed by atoms with E-state index in [2.05, 4.69) is 36.2 Å². The van der Waals surface area contributed by atoms with Crippen LogP contribution < -0.4 is 0 Å². The normalized spacial score (nSPS) is 15.7. The van der Waals surface area contributed by atoms with Gasteiger partial charge in [0.25, 0.3) is 0 Å². The highest BCUT2D eigenvalue weighted by molar-refractivity contribution is 5.95. The summed E-state index contributed by atoms with van der Waals surface area (Å²) in [5.74, 6) is 0. The minimum atomic E-state index is -0.450. The second-order valence-electron chi connectivity index (χ2n) is 7.11. The van der Waals surface area contributed by atoms with E-state index in [1.54, 1.807) is 4.90 Å². The zero-order chi connectivity index (χ0) is 16.6. The van der Waals surface area contributed by atoms with Crippen LogP contribution >= 0.6 is 0 Å². The van der Waals surface area contributed by atoms with Crippen molar-refractivity contribution in [2.45, 2.75) is 39.7 Å². The van der Waals surface area contributed by atoms with E-state index >= 15 is 0 Å². The third kappa shape index (κ3) is 3.26. The molecule has 2 heterocycles. The molecule has 0 saturated carbocycles. The average Bonchev–Trinajstić information content (AvgIpc) is 2.87. The molecular weight excluding hydrogens is 288 g/mol. The van der Waals surface area contributed by atoms with Gasteiger partial charge in [-0.25, -0.2) is 4.79 Å². The van der Waals surface area contributed by atoms with Crippen molar-refractivity contribution >= 4 is 22.6 Å². The number of ether oxygens (including phenoxy) is 1. The first-order chi connectivity index (χ1) is 10.8. The molecule has 3 rings (SSSR count). The number of aromatic nitrogens is 1. The maximum absolute atomic E-state index is 12.2. The number of carbonyl (C=O) groups excluding carboxylic acids is 1. The van der Waals surface area contributed by atoms with Crippen LogP contribution in [0.5, 0.6) is 0 Å². The fourth-order valence-corrected chi connectivity index (χ4v) is 3.03. The highest BCUT2D eigenvalue weighted by atomic mass is 16.6. The predicted octanol–water partition coefficient (Wildman–Crippen LogP) is 4.50.